The molecule has 0 fully saturated rings. The van der Waals surface area contributed by atoms with Gasteiger partial charge in [0.05, 0.1) is 24.1 Å². The number of hydrogen-bond acceptors (Lipinski definition) is 5. The van der Waals surface area contributed by atoms with E-state index in [1.165, 1.54) is 23.8 Å². The van der Waals surface area contributed by atoms with Crippen LogP contribution in [0.5, 0.6) is 5.75 Å². The summed E-state index contributed by atoms with van der Waals surface area (Å²) in [5, 5.41) is 3.45. The van der Waals surface area contributed by atoms with E-state index >= 15 is 0 Å². The van der Waals surface area contributed by atoms with Gasteiger partial charge in [-0.2, -0.15) is 13.2 Å². The van der Waals surface area contributed by atoms with Gasteiger partial charge in [-0.1, -0.05) is 48.2 Å². The first-order valence-corrected chi connectivity index (χ1v) is 12.0. The molecule has 5 aromatic rings. The summed E-state index contributed by atoms with van der Waals surface area (Å²) in [7, 11) is 1.48. The first-order chi connectivity index (χ1) is 17.8. The molecule has 37 heavy (non-hydrogen) atoms. The Hall–Kier alpha value is -4.25. The molecule has 0 saturated carbocycles. The Balaban J connectivity index is 1.53. The number of nitrogens with zero attached hydrogens (tertiary/aromatic N) is 2. The SMILES string of the molecule is COc1ccccc1-n1c(SCC(=O)Nc2cccc(C(F)(F)F)c2)nc2c([nH]c3ccccc32)c1=O. The molecule has 0 atom stereocenters. The number of amides is 1. The second-order valence-corrected chi connectivity index (χ2v) is 8.96. The molecule has 2 heterocycles. The number of aromatic nitrogens is 3. The van der Waals surface area contributed by atoms with Gasteiger partial charge in [0.2, 0.25) is 5.91 Å². The highest BCUT2D eigenvalue weighted by atomic mass is 32.2. The molecule has 2 N–H and O–H groups in total. The van der Waals surface area contributed by atoms with Gasteiger partial charge in [0.25, 0.3) is 5.56 Å². The number of nitrogens with one attached hydrogen (secondary N) is 2. The van der Waals surface area contributed by atoms with Crippen LogP contribution in [0.4, 0.5) is 18.9 Å². The van der Waals surface area contributed by atoms with Crippen LogP contribution < -0.4 is 15.6 Å². The summed E-state index contributed by atoms with van der Waals surface area (Å²) in [4.78, 5) is 34.2. The second-order valence-electron chi connectivity index (χ2n) is 8.02. The van der Waals surface area contributed by atoms with E-state index in [1.54, 1.807) is 24.3 Å². The molecular weight excluding hydrogens is 505 g/mol. The third-order valence-corrected chi connectivity index (χ3v) is 6.57. The lowest BCUT2D eigenvalue weighted by Crippen LogP contribution is -2.23. The van der Waals surface area contributed by atoms with Crippen LogP contribution in [0.1, 0.15) is 5.56 Å². The Morgan fingerprint density at radius 2 is 1.84 bits per heavy atom. The number of rotatable bonds is 6. The highest BCUT2D eigenvalue weighted by Crippen LogP contribution is 2.32. The van der Waals surface area contributed by atoms with Crippen LogP contribution in [-0.2, 0) is 11.0 Å². The fourth-order valence-electron chi connectivity index (χ4n) is 3.97. The van der Waals surface area contributed by atoms with Gasteiger partial charge in [0, 0.05) is 16.6 Å². The van der Waals surface area contributed by atoms with Crippen molar-refractivity contribution in [1.29, 1.82) is 0 Å². The lowest BCUT2D eigenvalue weighted by Gasteiger charge is -2.15. The molecule has 0 radical (unpaired) electrons. The summed E-state index contributed by atoms with van der Waals surface area (Å²) < 4.78 is 45.9. The van der Waals surface area contributed by atoms with Gasteiger partial charge in [-0.3, -0.25) is 9.59 Å². The van der Waals surface area contributed by atoms with E-state index in [9.17, 15) is 22.8 Å². The quantitative estimate of drug-likeness (QED) is 0.222. The molecule has 0 spiro atoms. The number of aromatic amines is 1. The van der Waals surface area contributed by atoms with Crippen molar-refractivity contribution in [2.45, 2.75) is 11.3 Å². The lowest BCUT2D eigenvalue weighted by molar-refractivity contribution is -0.137. The Morgan fingerprint density at radius 1 is 1.08 bits per heavy atom. The zero-order chi connectivity index (χ0) is 26.2. The average Bonchev–Trinajstić information content (AvgIpc) is 3.26. The average molecular weight is 525 g/mol. The van der Waals surface area contributed by atoms with E-state index in [-0.39, 0.29) is 22.2 Å². The number of H-pyrrole nitrogens is 1. The number of hydrogen-bond donors (Lipinski definition) is 2. The fraction of sp³-hybridized carbons (Fsp3) is 0.115. The molecule has 11 heteroatoms. The van der Waals surface area contributed by atoms with E-state index in [0.717, 1.165) is 34.8 Å². The molecule has 1 amide bonds. The highest BCUT2D eigenvalue weighted by Gasteiger charge is 2.30. The van der Waals surface area contributed by atoms with Gasteiger partial charge in [-0.25, -0.2) is 9.55 Å². The number of carbonyl (C=O) groups is 1. The number of ether oxygens (including phenoxy) is 1. The minimum absolute atomic E-state index is 0.0163. The molecule has 0 aliphatic carbocycles. The second kappa shape index (κ2) is 9.66. The molecule has 188 valence electrons. The van der Waals surface area contributed by atoms with E-state index in [0.29, 0.717) is 22.5 Å². The van der Waals surface area contributed by atoms with Crippen molar-refractivity contribution in [2.24, 2.45) is 0 Å². The van der Waals surface area contributed by atoms with Crippen LogP contribution in [0.25, 0.3) is 27.6 Å². The Bertz CT molecular complexity index is 1690. The monoisotopic (exact) mass is 524 g/mol. The van der Waals surface area contributed by atoms with Crippen LogP contribution in [0.15, 0.2) is 82.7 Å². The number of para-hydroxylation sites is 3. The zero-order valence-electron chi connectivity index (χ0n) is 19.3. The van der Waals surface area contributed by atoms with Crippen molar-refractivity contribution in [2.75, 3.05) is 18.2 Å². The molecule has 0 unspecified atom stereocenters. The Labute approximate surface area is 212 Å². The number of thioether (sulfide) groups is 1. The van der Waals surface area contributed by atoms with Gasteiger partial charge < -0.3 is 15.0 Å². The van der Waals surface area contributed by atoms with E-state index in [4.69, 9.17) is 9.72 Å². The predicted octanol–water partition coefficient (Wildman–Crippen LogP) is 5.63. The van der Waals surface area contributed by atoms with Crippen LogP contribution in [0, 0.1) is 0 Å². The third kappa shape index (κ3) is 4.77. The third-order valence-electron chi connectivity index (χ3n) is 5.63. The van der Waals surface area contributed by atoms with Crippen LogP contribution in [-0.4, -0.2) is 33.3 Å². The van der Waals surface area contributed by atoms with Crippen molar-refractivity contribution in [3.63, 3.8) is 0 Å². The number of fused-ring (bicyclic) bond motifs is 3. The van der Waals surface area contributed by atoms with Crippen LogP contribution >= 0.6 is 11.8 Å². The number of halogens is 3. The minimum atomic E-state index is -4.53. The molecule has 0 aliphatic rings. The molecule has 2 aromatic heterocycles. The summed E-state index contributed by atoms with van der Waals surface area (Å²) in [5.74, 6) is -0.326. The molecule has 7 nitrogen and oxygen atoms in total. The van der Waals surface area contributed by atoms with E-state index < -0.39 is 17.6 Å². The molecule has 0 bridgehead atoms. The molecule has 0 aliphatic heterocycles. The Morgan fingerprint density at radius 3 is 2.62 bits per heavy atom. The molecular formula is C26H19F3N4O3S. The van der Waals surface area contributed by atoms with Gasteiger partial charge in [0.1, 0.15) is 16.8 Å². The standard InChI is InChI=1S/C26H19F3N4O3S/c1-36-20-12-5-4-11-19(20)33-24(35)23-22(17-9-2-3-10-18(17)31-23)32-25(33)37-14-21(34)30-16-8-6-7-15(13-16)26(27,28)29/h2-13,31H,14H2,1H3,(H,30,34). The summed E-state index contributed by atoms with van der Waals surface area (Å²) in [6, 6.07) is 18.6. The van der Waals surface area contributed by atoms with Crippen molar-refractivity contribution in [3.8, 4) is 11.4 Å². The maximum Gasteiger partial charge on any atom is 0.416 e. The highest BCUT2D eigenvalue weighted by molar-refractivity contribution is 7.99. The maximum atomic E-state index is 13.7. The smallest absolute Gasteiger partial charge is 0.416 e. The summed E-state index contributed by atoms with van der Waals surface area (Å²) in [6.45, 7) is 0. The first kappa shape index (κ1) is 24.4. The van der Waals surface area contributed by atoms with Gasteiger partial charge in [-0.05, 0) is 36.4 Å². The molecule has 0 saturated heterocycles. The minimum Gasteiger partial charge on any atom is -0.495 e. The van der Waals surface area contributed by atoms with Crippen LogP contribution in [0.3, 0.4) is 0 Å². The van der Waals surface area contributed by atoms with Gasteiger partial charge in [-0.15, -0.1) is 0 Å². The zero-order valence-corrected chi connectivity index (χ0v) is 20.1. The number of benzene rings is 3. The summed E-state index contributed by atoms with van der Waals surface area (Å²) >= 11 is 0.987. The van der Waals surface area contributed by atoms with Crippen molar-refractivity contribution in [1.82, 2.24) is 14.5 Å². The fourth-order valence-corrected chi connectivity index (χ4v) is 4.77. The van der Waals surface area contributed by atoms with Crippen molar-refractivity contribution >= 4 is 45.3 Å². The van der Waals surface area contributed by atoms with E-state index in [2.05, 4.69) is 10.3 Å². The first-order valence-electron chi connectivity index (χ1n) is 11.0. The number of carbonyl (C=O) groups excluding carboxylic acids is 1. The Kier molecular flexibility index (Phi) is 6.38. The summed E-state index contributed by atoms with van der Waals surface area (Å²) in [6.07, 6.45) is -4.53. The summed E-state index contributed by atoms with van der Waals surface area (Å²) in [5.41, 5.74) is 0.683. The normalized spacial score (nSPS) is 11.7. The lowest BCUT2D eigenvalue weighted by atomic mass is 10.2. The van der Waals surface area contributed by atoms with Crippen LogP contribution in [0.2, 0.25) is 0 Å². The number of alkyl halides is 3. The largest absolute Gasteiger partial charge is 0.495 e. The number of methoxy groups -OCH3 is 1. The van der Waals surface area contributed by atoms with Gasteiger partial charge >= 0.3 is 6.18 Å². The van der Waals surface area contributed by atoms with Crippen molar-refractivity contribution in [3.05, 3.63) is 88.7 Å². The maximum absolute atomic E-state index is 13.7. The molecule has 5 rings (SSSR count). The topological polar surface area (TPSA) is 89.0 Å². The predicted molar refractivity (Wildman–Crippen MR) is 137 cm³/mol. The van der Waals surface area contributed by atoms with Crippen molar-refractivity contribution < 1.29 is 22.7 Å². The van der Waals surface area contributed by atoms with Gasteiger partial charge in [0.15, 0.2) is 5.16 Å². The molecule has 3 aromatic carbocycles. The van der Waals surface area contributed by atoms with E-state index in [1.807, 2.05) is 24.3 Å². The number of anilines is 1.